The minimum atomic E-state index is -1.23. The van der Waals surface area contributed by atoms with E-state index in [1.165, 1.54) is 22.5 Å². The minimum Gasteiger partial charge on any atom is -0.390 e. The van der Waals surface area contributed by atoms with Gasteiger partial charge in [0.1, 0.15) is 6.10 Å². The van der Waals surface area contributed by atoms with Crippen molar-refractivity contribution < 1.29 is 19.9 Å². The first-order chi connectivity index (χ1) is 17.3. The van der Waals surface area contributed by atoms with Crippen LogP contribution in [-0.4, -0.2) is 77.6 Å². The van der Waals surface area contributed by atoms with Crippen molar-refractivity contribution in [3.8, 4) is 0 Å². The number of carbonyl (C=O) groups excluding carboxylic acids is 1. The molecule has 4 N–H and O–H groups in total. The van der Waals surface area contributed by atoms with Crippen LogP contribution in [0.3, 0.4) is 0 Å². The predicted octanol–water partition coefficient (Wildman–Crippen LogP) is 1.31. The molecule has 192 valence electrons. The van der Waals surface area contributed by atoms with Gasteiger partial charge in [-0.15, -0.1) is 5.10 Å². The van der Waals surface area contributed by atoms with Crippen molar-refractivity contribution in [1.82, 2.24) is 30.3 Å². The minimum absolute atomic E-state index is 0.0628. The molecule has 2 aromatic heterocycles. The third-order valence-electron chi connectivity index (χ3n) is 6.20. The fourth-order valence-electron chi connectivity index (χ4n) is 4.39. The Morgan fingerprint density at radius 1 is 1.31 bits per heavy atom. The van der Waals surface area contributed by atoms with Crippen LogP contribution in [0.5, 0.6) is 0 Å². The van der Waals surface area contributed by atoms with E-state index >= 15 is 0 Å². The second-order valence-electron chi connectivity index (χ2n) is 8.51. The summed E-state index contributed by atoms with van der Waals surface area (Å²) < 4.78 is 1.46. The Morgan fingerprint density at radius 2 is 2.11 bits per heavy atom. The van der Waals surface area contributed by atoms with Crippen molar-refractivity contribution in [2.24, 2.45) is 5.92 Å². The first kappa shape index (κ1) is 25.7. The van der Waals surface area contributed by atoms with Crippen molar-refractivity contribution in [3.63, 3.8) is 0 Å². The lowest BCUT2D eigenvalue weighted by Crippen LogP contribution is -2.38. The van der Waals surface area contributed by atoms with Crippen LogP contribution in [0.1, 0.15) is 31.4 Å². The number of nitrogens with zero attached hydrogens (tertiary/aromatic N) is 6. The number of thioether (sulfide) groups is 1. The Labute approximate surface area is 210 Å². The van der Waals surface area contributed by atoms with Crippen LogP contribution >= 0.6 is 11.8 Å². The highest BCUT2D eigenvalue weighted by Gasteiger charge is 2.47. The number of anilines is 1. The number of fused-ring (bicyclic) bond motifs is 1. The summed E-state index contributed by atoms with van der Waals surface area (Å²) in [5, 5.41) is 47.0. The van der Waals surface area contributed by atoms with E-state index in [4.69, 9.17) is 0 Å². The topological polar surface area (TPSA) is 181 Å². The molecule has 1 fully saturated rings. The van der Waals surface area contributed by atoms with Crippen molar-refractivity contribution in [3.05, 3.63) is 39.9 Å². The molecule has 1 aliphatic rings. The van der Waals surface area contributed by atoms with E-state index in [0.29, 0.717) is 48.1 Å². The van der Waals surface area contributed by atoms with Crippen LogP contribution in [0.2, 0.25) is 0 Å². The number of aromatic nitrogens is 5. The number of nitro groups is 1. The van der Waals surface area contributed by atoms with Crippen LogP contribution in [0.4, 0.5) is 11.5 Å². The lowest BCUT2D eigenvalue weighted by atomic mass is 10.0. The molecule has 0 spiro atoms. The van der Waals surface area contributed by atoms with Gasteiger partial charge in [0.2, 0.25) is 5.91 Å². The van der Waals surface area contributed by atoms with E-state index in [9.17, 15) is 25.1 Å². The van der Waals surface area contributed by atoms with E-state index in [1.807, 2.05) is 12.3 Å². The Hall–Kier alpha value is -3.36. The number of hydrogen-bond donors (Lipinski definition) is 4. The number of aliphatic hydroxyl groups is 2. The van der Waals surface area contributed by atoms with E-state index < -0.39 is 29.1 Å². The summed E-state index contributed by atoms with van der Waals surface area (Å²) in [5.41, 5.74) is 1.73. The molecule has 1 aliphatic carbocycles. The molecule has 1 aromatic carbocycles. The Morgan fingerprint density at radius 3 is 2.83 bits per heavy atom. The number of aryl methyl sites for hydroxylation is 1. The maximum absolute atomic E-state index is 12.3. The summed E-state index contributed by atoms with van der Waals surface area (Å²) in [7, 11) is 0. The molecule has 13 nitrogen and oxygen atoms in total. The molecule has 36 heavy (non-hydrogen) atoms. The van der Waals surface area contributed by atoms with Crippen LogP contribution in [0.15, 0.2) is 29.4 Å². The van der Waals surface area contributed by atoms with Crippen LogP contribution in [0, 0.1) is 16.0 Å². The number of amides is 1. The van der Waals surface area contributed by atoms with Gasteiger partial charge >= 0.3 is 0 Å². The molecule has 1 saturated carbocycles. The molecule has 0 radical (unpaired) electrons. The number of benzene rings is 1. The number of nitrogens with one attached hydrogen (secondary N) is 2. The average molecular weight is 517 g/mol. The molecule has 0 saturated heterocycles. The van der Waals surface area contributed by atoms with E-state index in [-0.39, 0.29) is 18.0 Å². The van der Waals surface area contributed by atoms with Gasteiger partial charge in [-0.2, -0.15) is 0 Å². The number of aliphatic hydroxyl groups excluding tert-OH is 2. The summed E-state index contributed by atoms with van der Waals surface area (Å²) >= 11 is 1.34. The molecule has 0 bridgehead atoms. The van der Waals surface area contributed by atoms with Crippen molar-refractivity contribution in [2.45, 2.75) is 49.6 Å². The van der Waals surface area contributed by atoms with Crippen molar-refractivity contribution in [2.75, 3.05) is 24.7 Å². The van der Waals surface area contributed by atoms with Gasteiger partial charge in [0.15, 0.2) is 22.1 Å². The molecular weight excluding hydrogens is 488 g/mol. The van der Waals surface area contributed by atoms with E-state index in [1.54, 1.807) is 19.1 Å². The maximum Gasteiger partial charge on any atom is 0.269 e. The monoisotopic (exact) mass is 516 g/mol. The average Bonchev–Trinajstić information content (AvgIpc) is 3.42. The fourth-order valence-corrected chi connectivity index (χ4v) is 4.75. The number of nitro benzene ring substituents is 1. The summed E-state index contributed by atoms with van der Waals surface area (Å²) in [4.78, 5) is 31.9. The van der Waals surface area contributed by atoms with Gasteiger partial charge in [-0.05, 0) is 38.0 Å². The van der Waals surface area contributed by atoms with Crippen molar-refractivity contribution in [1.29, 1.82) is 0 Å². The zero-order valence-electron chi connectivity index (χ0n) is 19.9. The smallest absolute Gasteiger partial charge is 0.269 e. The van der Waals surface area contributed by atoms with Gasteiger partial charge in [0.05, 0.1) is 23.0 Å². The highest BCUT2D eigenvalue weighted by Crippen LogP contribution is 2.37. The fraction of sp³-hybridized carbons (Fsp3) is 0.500. The third kappa shape index (κ3) is 5.24. The molecule has 2 heterocycles. The van der Waals surface area contributed by atoms with Gasteiger partial charge in [-0.1, -0.05) is 29.1 Å². The molecule has 1 amide bonds. The van der Waals surface area contributed by atoms with Gasteiger partial charge in [-0.3, -0.25) is 14.9 Å². The second-order valence-corrected chi connectivity index (χ2v) is 9.28. The first-order valence-electron chi connectivity index (χ1n) is 11.6. The Bertz CT molecular complexity index is 1250. The van der Waals surface area contributed by atoms with Gasteiger partial charge in [0, 0.05) is 25.2 Å². The largest absolute Gasteiger partial charge is 0.390 e. The number of hydrogen-bond acceptors (Lipinski definition) is 11. The Balaban J connectivity index is 1.51. The zero-order valence-corrected chi connectivity index (χ0v) is 20.7. The first-order valence-corrected chi connectivity index (χ1v) is 12.8. The highest BCUT2D eigenvalue weighted by molar-refractivity contribution is 7.98. The zero-order chi connectivity index (χ0) is 25.8. The second kappa shape index (κ2) is 11.1. The molecule has 0 aliphatic heterocycles. The van der Waals surface area contributed by atoms with Crippen LogP contribution in [-0.2, 0) is 11.2 Å². The quantitative estimate of drug-likeness (QED) is 0.100. The van der Waals surface area contributed by atoms with Gasteiger partial charge < -0.3 is 20.8 Å². The van der Waals surface area contributed by atoms with Crippen LogP contribution < -0.4 is 10.6 Å². The highest BCUT2D eigenvalue weighted by atomic mass is 32.2. The summed E-state index contributed by atoms with van der Waals surface area (Å²) in [6.45, 7) is 2.74. The third-order valence-corrected chi connectivity index (χ3v) is 6.74. The number of rotatable bonds is 10. The standard InChI is InChI=1S/C22H28N8O5S/c1-3-23-21(33)14-11-15(18(32)17(14)31)29-20-16(27-28-29)19(25-22(26-20)36-2)24-9-5-7-12-6-4-8-13(10-12)30(34)35/h4,6,8,10,14-15,17-18,31-32H,3,5,7,9,11H2,1-2H3,(H,23,33)(H,24,25,26). The molecule has 3 aromatic rings. The predicted molar refractivity (Wildman–Crippen MR) is 133 cm³/mol. The van der Waals surface area contributed by atoms with Crippen molar-refractivity contribution >= 4 is 40.3 Å². The lowest BCUT2D eigenvalue weighted by Gasteiger charge is -2.17. The SMILES string of the molecule is CCNC(=O)C1CC(n2nnc3c(NCCCc4cccc([N+](=O)[O-])c4)nc(SC)nc32)C(O)C1O. The number of carbonyl (C=O) groups is 1. The Kier molecular flexibility index (Phi) is 7.96. The summed E-state index contributed by atoms with van der Waals surface area (Å²) in [5.74, 6) is -0.609. The van der Waals surface area contributed by atoms with Gasteiger partial charge in [0.25, 0.3) is 5.69 Å². The summed E-state index contributed by atoms with van der Waals surface area (Å²) in [6, 6.07) is 5.87. The van der Waals surface area contributed by atoms with E-state index in [2.05, 4.69) is 30.9 Å². The number of non-ortho nitro benzene ring substituents is 1. The molecule has 4 atom stereocenters. The van der Waals surface area contributed by atoms with Crippen LogP contribution in [0.25, 0.3) is 11.2 Å². The maximum atomic E-state index is 12.3. The molecule has 14 heteroatoms. The van der Waals surface area contributed by atoms with Gasteiger partial charge in [-0.25, -0.2) is 14.6 Å². The molecule has 4 rings (SSSR count). The molecular formula is C22H28N8O5S. The summed E-state index contributed by atoms with van der Waals surface area (Å²) in [6.07, 6.45) is 0.920. The van der Waals surface area contributed by atoms with E-state index in [0.717, 1.165) is 5.56 Å². The lowest BCUT2D eigenvalue weighted by molar-refractivity contribution is -0.384. The normalized spacial score (nSPS) is 21.6. The molecule has 4 unspecified atom stereocenters.